The van der Waals surface area contributed by atoms with Gasteiger partial charge in [-0.15, -0.1) is 10.2 Å². The highest BCUT2D eigenvalue weighted by Crippen LogP contribution is 2.26. The van der Waals surface area contributed by atoms with Crippen molar-refractivity contribution in [3.8, 4) is 11.5 Å². The number of fused-ring (bicyclic) bond motifs is 2. The quantitative estimate of drug-likeness (QED) is 0.596. The highest BCUT2D eigenvalue weighted by molar-refractivity contribution is 6.04. The van der Waals surface area contributed by atoms with Gasteiger partial charge in [0.1, 0.15) is 28.8 Å². The van der Waals surface area contributed by atoms with Crippen LogP contribution in [0.5, 0.6) is 0 Å². The SMILES string of the molecule is CC(C)(O)C(=O)N1CCc2cc(F)c(C(=O)Nc3cccc(-c4nnc5n4CCCC5)n3)cc2C1. The first kappa shape index (κ1) is 23.1. The summed E-state index contributed by atoms with van der Waals surface area (Å²) >= 11 is 0. The van der Waals surface area contributed by atoms with Crippen LogP contribution in [0.2, 0.25) is 0 Å². The van der Waals surface area contributed by atoms with Crippen molar-refractivity contribution >= 4 is 17.6 Å². The molecule has 2 amide bonds. The summed E-state index contributed by atoms with van der Waals surface area (Å²) in [6, 6.07) is 8.01. The van der Waals surface area contributed by atoms with Crippen LogP contribution >= 0.6 is 0 Å². The second-order valence-electron chi connectivity index (χ2n) is 9.55. The molecule has 0 bridgehead atoms. The molecule has 9 nitrogen and oxygen atoms in total. The number of anilines is 1. The number of carbonyl (C=O) groups is 2. The van der Waals surface area contributed by atoms with Gasteiger partial charge in [-0.2, -0.15) is 0 Å². The van der Waals surface area contributed by atoms with Gasteiger partial charge in [-0.3, -0.25) is 9.59 Å². The number of aliphatic hydroxyl groups is 1. The lowest BCUT2D eigenvalue weighted by molar-refractivity contribution is -0.148. The average Bonchev–Trinajstić information content (AvgIpc) is 3.26. The van der Waals surface area contributed by atoms with Gasteiger partial charge in [0.25, 0.3) is 11.8 Å². The number of benzene rings is 1. The van der Waals surface area contributed by atoms with Gasteiger partial charge < -0.3 is 19.9 Å². The highest BCUT2D eigenvalue weighted by atomic mass is 19.1. The smallest absolute Gasteiger partial charge is 0.259 e. The van der Waals surface area contributed by atoms with E-state index in [-0.39, 0.29) is 17.9 Å². The lowest BCUT2D eigenvalue weighted by Crippen LogP contribution is -2.47. The number of aryl methyl sites for hydroxylation is 1. The third kappa shape index (κ3) is 4.53. The van der Waals surface area contributed by atoms with Gasteiger partial charge in [-0.1, -0.05) is 6.07 Å². The summed E-state index contributed by atoms with van der Waals surface area (Å²) in [6.07, 6.45) is 3.45. The second-order valence-corrected chi connectivity index (χ2v) is 9.55. The van der Waals surface area contributed by atoms with Crippen molar-refractivity contribution in [3.05, 3.63) is 58.7 Å². The van der Waals surface area contributed by atoms with E-state index in [0.717, 1.165) is 37.2 Å². The van der Waals surface area contributed by atoms with Gasteiger partial charge in [-0.25, -0.2) is 9.37 Å². The van der Waals surface area contributed by atoms with E-state index in [1.807, 2.05) is 4.57 Å². The van der Waals surface area contributed by atoms with Gasteiger partial charge in [0.15, 0.2) is 5.82 Å². The normalized spacial score (nSPS) is 15.4. The Balaban J connectivity index is 1.37. The Morgan fingerprint density at radius 1 is 1.09 bits per heavy atom. The third-order valence-electron chi connectivity index (χ3n) is 6.44. The summed E-state index contributed by atoms with van der Waals surface area (Å²) in [4.78, 5) is 31.5. The van der Waals surface area contributed by atoms with Crippen LogP contribution in [-0.2, 0) is 30.7 Å². The van der Waals surface area contributed by atoms with E-state index >= 15 is 0 Å². The molecule has 10 heteroatoms. The van der Waals surface area contributed by atoms with Crippen molar-refractivity contribution in [1.29, 1.82) is 0 Å². The molecule has 2 aliphatic rings. The summed E-state index contributed by atoms with van der Waals surface area (Å²) in [6.45, 7) is 4.27. The molecule has 0 atom stereocenters. The van der Waals surface area contributed by atoms with Crippen molar-refractivity contribution in [2.24, 2.45) is 0 Å². The number of nitrogens with zero attached hydrogens (tertiary/aromatic N) is 5. The molecule has 0 saturated heterocycles. The van der Waals surface area contributed by atoms with E-state index < -0.39 is 23.2 Å². The largest absolute Gasteiger partial charge is 0.381 e. The summed E-state index contributed by atoms with van der Waals surface area (Å²) < 4.78 is 16.9. The Hall–Kier alpha value is -3.66. The molecule has 0 radical (unpaired) electrons. The molecule has 2 N–H and O–H groups in total. The first-order valence-corrected chi connectivity index (χ1v) is 11.7. The Morgan fingerprint density at radius 3 is 2.71 bits per heavy atom. The fourth-order valence-corrected chi connectivity index (χ4v) is 4.62. The maximum Gasteiger partial charge on any atom is 0.259 e. The first-order valence-electron chi connectivity index (χ1n) is 11.7. The fourth-order valence-electron chi connectivity index (χ4n) is 4.62. The predicted molar refractivity (Wildman–Crippen MR) is 126 cm³/mol. The van der Waals surface area contributed by atoms with Gasteiger partial charge in [0.2, 0.25) is 0 Å². The van der Waals surface area contributed by atoms with Gasteiger partial charge >= 0.3 is 0 Å². The minimum absolute atomic E-state index is 0.131. The van der Waals surface area contributed by atoms with Crippen LogP contribution < -0.4 is 5.32 Å². The van der Waals surface area contributed by atoms with Crippen LogP contribution in [0.4, 0.5) is 10.2 Å². The van der Waals surface area contributed by atoms with Crippen LogP contribution in [0, 0.1) is 5.82 Å². The van der Waals surface area contributed by atoms with Crippen LogP contribution in [-0.4, -0.2) is 53.7 Å². The highest BCUT2D eigenvalue weighted by Gasteiger charge is 2.32. The third-order valence-corrected chi connectivity index (χ3v) is 6.44. The van der Waals surface area contributed by atoms with Crippen molar-refractivity contribution in [1.82, 2.24) is 24.6 Å². The lowest BCUT2D eigenvalue weighted by atomic mass is 9.95. The Kier molecular flexibility index (Phi) is 5.84. The second kappa shape index (κ2) is 8.84. The molecular weight excluding hydrogens is 451 g/mol. The molecule has 1 aromatic carbocycles. The molecule has 0 aliphatic carbocycles. The molecule has 0 unspecified atom stereocenters. The molecule has 182 valence electrons. The van der Waals surface area contributed by atoms with Gasteiger partial charge in [-0.05, 0) is 68.5 Å². The fraction of sp³-hybridized carbons (Fsp3) is 0.400. The number of hydrogen-bond donors (Lipinski definition) is 2. The van der Waals surface area contributed by atoms with E-state index in [1.165, 1.54) is 30.9 Å². The zero-order chi connectivity index (χ0) is 24.7. The molecule has 2 aromatic heterocycles. The monoisotopic (exact) mass is 478 g/mol. The average molecular weight is 479 g/mol. The Labute approximate surface area is 202 Å². The predicted octanol–water partition coefficient (Wildman–Crippen LogP) is 2.72. The van der Waals surface area contributed by atoms with Gasteiger partial charge in [0.05, 0.1) is 5.56 Å². The summed E-state index contributed by atoms with van der Waals surface area (Å²) in [7, 11) is 0. The van der Waals surface area contributed by atoms with Crippen molar-refractivity contribution < 1.29 is 19.1 Å². The molecule has 0 spiro atoms. The number of pyridine rings is 1. The topological polar surface area (TPSA) is 113 Å². The standard InChI is InChI=1S/C25H27FN6O3/c1-25(2,35)24(34)31-11-9-15-13-18(26)17(12-16(15)14-31)23(33)28-20-7-5-6-19(27-20)22-30-29-21-8-3-4-10-32(21)22/h5-7,12-13,35H,3-4,8-11,14H2,1-2H3,(H,27,28,33). The van der Waals surface area contributed by atoms with Gasteiger partial charge in [0, 0.05) is 26.1 Å². The van der Waals surface area contributed by atoms with Crippen LogP contribution in [0.3, 0.4) is 0 Å². The van der Waals surface area contributed by atoms with E-state index in [4.69, 9.17) is 0 Å². The molecule has 2 aliphatic heterocycles. The number of nitrogens with one attached hydrogen (secondary N) is 1. The number of amides is 2. The molecule has 4 heterocycles. The van der Waals surface area contributed by atoms with Crippen LogP contribution in [0.15, 0.2) is 30.3 Å². The van der Waals surface area contributed by atoms with Crippen molar-refractivity contribution in [2.75, 3.05) is 11.9 Å². The molecule has 5 rings (SSSR count). The summed E-state index contributed by atoms with van der Waals surface area (Å²) in [5.74, 6) is 0.171. The molecule has 3 aromatic rings. The maximum absolute atomic E-state index is 14.8. The lowest BCUT2D eigenvalue weighted by Gasteiger charge is -2.33. The molecule has 0 saturated carbocycles. The Bertz CT molecular complexity index is 1310. The molecular formula is C25H27FN6O3. The zero-order valence-electron chi connectivity index (χ0n) is 19.7. The van der Waals surface area contributed by atoms with Crippen LogP contribution in [0.1, 0.15) is 54.0 Å². The first-order chi connectivity index (χ1) is 16.7. The molecule has 0 fully saturated rings. The van der Waals surface area contributed by atoms with E-state index in [0.29, 0.717) is 30.0 Å². The minimum atomic E-state index is -1.50. The summed E-state index contributed by atoms with van der Waals surface area (Å²) in [5.41, 5.74) is 0.370. The summed E-state index contributed by atoms with van der Waals surface area (Å²) in [5, 5.41) is 21.3. The van der Waals surface area contributed by atoms with Crippen molar-refractivity contribution in [2.45, 2.75) is 58.2 Å². The number of carbonyl (C=O) groups excluding carboxylic acids is 2. The Morgan fingerprint density at radius 2 is 1.91 bits per heavy atom. The van der Waals surface area contributed by atoms with E-state index in [9.17, 15) is 19.1 Å². The van der Waals surface area contributed by atoms with E-state index in [1.54, 1.807) is 18.2 Å². The zero-order valence-corrected chi connectivity index (χ0v) is 19.7. The number of halogens is 1. The molecule has 35 heavy (non-hydrogen) atoms. The van der Waals surface area contributed by atoms with Crippen molar-refractivity contribution in [3.63, 3.8) is 0 Å². The minimum Gasteiger partial charge on any atom is -0.381 e. The van der Waals surface area contributed by atoms with E-state index in [2.05, 4.69) is 20.5 Å². The maximum atomic E-state index is 14.8. The number of hydrogen-bond acceptors (Lipinski definition) is 6. The number of rotatable bonds is 4. The van der Waals surface area contributed by atoms with Crippen LogP contribution in [0.25, 0.3) is 11.5 Å². The number of aromatic nitrogens is 4.